The van der Waals surface area contributed by atoms with Crippen molar-refractivity contribution in [2.75, 3.05) is 12.3 Å². The molecule has 7 heteroatoms. The van der Waals surface area contributed by atoms with Crippen molar-refractivity contribution in [3.05, 3.63) is 54.6 Å². The Labute approximate surface area is 139 Å². The molecule has 5 nitrogen and oxygen atoms in total. The second-order valence-electron chi connectivity index (χ2n) is 5.00. The van der Waals surface area contributed by atoms with Gasteiger partial charge in [0.1, 0.15) is 0 Å². The lowest BCUT2D eigenvalue weighted by Crippen LogP contribution is -2.26. The van der Waals surface area contributed by atoms with E-state index in [2.05, 4.69) is 9.71 Å². The quantitative estimate of drug-likeness (QED) is 0.550. The molecule has 0 atom stereocenters. The molecule has 3 aromatic rings. The monoisotopic (exact) mass is 347 g/mol. The molecule has 0 radical (unpaired) electrons. The number of aromatic nitrogens is 2. The van der Waals surface area contributed by atoms with E-state index < -0.39 is 10.0 Å². The zero-order chi connectivity index (χ0) is 16.3. The number of thioether (sulfide) groups is 1. The lowest BCUT2D eigenvalue weighted by atomic mass is 10.3. The third kappa shape index (κ3) is 3.57. The average Bonchev–Trinajstić information content (AvgIpc) is 2.89. The fourth-order valence-corrected chi connectivity index (χ4v) is 4.28. The zero-order valence-corrected chi connectivity index (χ0v) is 14.3. The normalized spacial score (nSPS) is 11.9. The minimum Gasteiger partial charge on any atom is -0.322 e. The van der Waals surface area contributed by atoms with Gasteiger partial charge >= 0.3 is 0 Å². The molecule has 3 rings (SSSR count). The standard InChI is InChI=1S/C16H17N3O2S2/c1-19-15-10-6-5-9-14(15)18-16(19)22-12-11-17-23(20,21)13-7-3-2-4-8-13/h2-10,17H,11-12H2,1H3. The van der Waals surface area contributed by atoms with Gasteiger partial charge in [0.05, 0.1) is 15.9 Å². The SMILES string of the molecule is Cn1c(SCCNS(=O)(=O)c2ccccc2)nc2ccccc21. The van der Waals surface area contributed by atoms with Crippen LogP contribution in [0.4, 0.5) is 0 Å². The van der Waals surface area contributed by atoms with Gasteiger partial charge in [0, 0.05) is 19.3 Å². The Kier molecular flexibility index (Phi) is 4.70. The van der Waals surface area contributed by atoms with Crippen LogP contribution in [0, 0.1) is 0 Å². The van der Waals surface area contributed by atoms with Crippen LogP contribution in [0.3, 0.4) is 0 Å². The molecule has 0 bridgehead atoms. The number of hydrogen-bond donors (Lipinski definition) is 1. The van der Waals surface area contributed by atoms with Gasteiger partial charge in [-0.3, -0.25) is 0 Å². The maximum atomic E-state index is 12.1. The van der Waals surface area contributed by atoms with Crippen LogP contribution in [0.2, 0.25) is 0 Å². The van der Waals surface area contributed by atoms with E-state index in [1.807, 2.05) is 35.9 Å². The zero-order valence-electron chi connectivity index (χ0n) is 12.6. The first kappa shape index (κ1) is 16.0. The number of fused-ring (bicyclic) bond motifs is 1. The molecule has 1 aromatic heterocycles. The smallest absolute Gasteiger partial charge is 0.240 e. The fourth-order valence-electron chi connectivity index (χ4n) is 2.25. The Morgan fingerprint density at radius 2 is 1.78 bits per heavy atom. The lowest BCUT2D eigenvalue weighted by Gasteiger charge is -2.06. The summed E-state index contributed by atoms with van der Waals surface area (Å²) in [4.78, 5) is 4.84. The van der Waals surface area contributed by atoms with Crippen LogP contribution in [-0.4, -0.2) is 30.3 Å². The highest BCUT2D eigenvalue weighted by Crippen LogP contribution is 2.22. The summed E-state index contributed by atoms with van der Waals surface area (Å²) >= 11 is 1.53. The van der Waals surface area contributed by atoms with Crippen LogP contribution in [0.15, 0.2) is 64.6 Å². The molecule has 0 amide bonds. The molecule has 23 heavy (non-hydrogen) atoms. The summed E-state index contributed by atoms with van der Waals surface area (Å²) in [5, 5.41) is 0.880. The van der Waals surface area contributed by atoms with Crippen LogP contribution < -0.4 is 4.72 Å². The van der Waals surface area contributed by atoms with Crippen LogP contribution in [0.5, 0.6) is 0 Å². The van der Waals surface area contributed by atoms with Gasteiger partial charge in [0.25, 0.3) is 0 Å². The molecule has 0 unspecified atom stereocenters. The summed E-state index contributed by atoms with van der Waals surface area (Å²) in [6.07, 6.45) is 0. The third-order valence-corrected chi connectivity index (χ3v) is 5.93. The summed E-state index contributed by atoms with van der Waals surface area (Å²) in [7, 11) is -1.48. The Morgan fingerprint density at radius 3 is 2.52 bits per heavy atom. The Hall–Kier alpha value is -1.83. The second-order valence-corrected chi connectivity index (χ2v) is 7.83. The highest BCUT2D eigenvalue weighted by atomic mass is 32.2. The van der Waals surface area contributed by atoms with Crippen molar-refractivity contribution in [2.24, 2.45) is 7.05 Å². The minimum atomic E-state index is -3.44. The number of hydrogen-bond acceptors (Lipinski definition) is 4. The molecule has 0 aliphatic rings. The molecule has 120 valence electrons. The van der Waals surface area contributed by atoms with Crippen LogP contribution in [-0.2, 0) is 17.1 Å². The number of imidazole rings is 1. The van der Waals surface area contributed by atoms with Crippen molar-refractivity contribution in [2.45, 2.75) is 10.1 Å². The molecule has 0 aliphatic heterocycles. The van der Waals surface area contributed by atoms with E-state index >= 15 is 0 Å². The summed E-state index contributed by atoms with van der Waals surface area (Å²) in [6.45, 7) is 0.352. The average molecular weight is 347 g/mol. The van der Waals surface area contributed by atoms with Crippen LogP contribution in [0.1, 0.15) is 0 Å². The topological polar surface area (TPSA) is 64.0 Å². The molecule has 0 spiro atoms. The lowest BCUT2D eigenvalue weighted by molar-refractivity contribution is 0.584. The van der Waals surface area contributed by atoms with Gasteiger partial charge in [-0.2, -0.15) is 0 Å². The number of sulfonamides is 1. The number of rotatable bonds is 6. The van der Waals surface area contributed by atoms with Crippen molar-refractivity contribution in [1.29, 1.82) is 0 Å². The fraction of sp³-hybridized carbons (Fsp3) is 0.188. The first-order valence-electron chi connectivity index (χ1n) is 7.17. The number of aryl methyl sites for hydroxylation is 1. The van der Waals surface area contributed by atoms with Crippen molar-refractivity contribution in [3.8, 4) is 0 Å². The van der Waals surface area contributed by atoms with E-state index in [0.717, 1.165) is 16.2 Å². The molecule has 0 saturated carbocycles. The number of nitrogens with one attached hydrogen (secondary N) is 1. The Balaban J connectivity index is 1.60. The van der Waals surface area contributed by atoms with E-state index in [1.165, 1.54) is 11.8 Å². The molecule has 0 fully saturated rings. The molecule has 1 heterocycles. The molecular weight excluding hydrogens is 330 g/mol. The van der Waals surface area contributed by atoms with Crippen molar-refractivity contribution >= 4 is 32.8 Å². The predicted octanol–water partition coefficient (Wildman–Crippen LogP) is 2.64. The molecular formula is C16H17N3O2S2. The summed E-state index contributed by atoms with van der Waals surface area (Å²) in [6, 6.07) is 16.3. The van der Waals surface area contributed by atoms with Crippen molar-refractivity contribution in [3.63, 3.8) is 0 Å². The number of para-hydroxylation sites is 2. The second kappa shape index (κ2) is 6.74. The largest absolute Gasteiger partial charge is 0.322 e. The Bertz CT molecular complexity index is 905. The van der Waals surface area contributed by atoms with Gasteiger partial charge in [-0.15, -0.1) is 0 Å². The first-order valence-corrected chi connectivity index (χ1v) is 9.64. The summed E-state index contributed by atoms with van der Waals surface area (Å²) < 4.78 is 28.9. The van der Waals surface area contributed by atoms with Crippen LogP contribution >= 0.6 is 11.8 Å². The molecule has 2 aromatic carbocycles. The van der Waals surface area contributed by atoms with Gasteiger partial charge in [-0.25, -0.2) is 18.1 Å². The van der Waals surface area contributed by atoms with Gasteiger partial charge in [-0.05, 0) is 24.3 Å². The molecule has 1 N–H and O–H groups in total. The van der Waals surface area contributed by atoms with Gasteiger partial charge in [0.15, 0.2) is 5.16 Å². The van der Waals surface area contributed by atoms with Crippen molar-refractivity contribution < 1.29 is 8.42 Å². The maximum Gasteiger partial charge on any atom is 0.240 e. The third-order valence-electron chi connectivity index (χ3n) is 3.42. The highest BCUT2D eigenvalue weighted by molar-refractivity contribution is 7.99. The van der Waals surface area contributed by atoms with Gasteiger partial charge in [0.2, 0.25) is 10.0 Å². The minimum absolute atomic E-state index is 0.285. The molecule has 0 saturated heterocycles. The number of benzene rings is 2. The van der Waals surface area contributed by atoms with Gasteiger partial charge in [-0.1, -0.05) is 42.1 Å². The predicted molar refractivity (Wildman–Crippen MR) is 93.1 cm³/mol. The van der Waals surface area contributed by atoms with Crippen LogP contribution in [0.25, 0.3) is 11.0 Å². The Morgan fingerprint density at radius 1 is 1.09 bits per heavy atom. The van der Waals surface area contributed by atoms with E-state index in [9.17, 15) is 8.42 Å². The van der Waals surface area contributed by atoms with Gasteiger partial charge < -0.3 is 4.57 Å². The molecule has 0 aliphatic carbocycles. The van der Waals surface area contributed by atoms with E-state index in [-0.39, 0.29) is 4.90 Å². The maximum absolute atomic E-state index is 12.1. The van der Waals surface area contributed by atoms with Crippen molar-refractivity contribution in [1.82, 2.24) is 14.3 Å². The summed E-state index contributed by atoms with van der Waals surface area (Å²) in [5.74, 6) is 0.614. The van der Waals surface area contributed by atoms with E-state index in [0.29, 0.717) is 12.3 Å². The summed E-state index contributed by atoms with van der Waals surface area (Å²) in [5.41, 5.74) is 2.02. The van der Waals surface area contributed by atoms with E-state index in [4.69, 9.17) is 0 Å². The number of nitrogens with zero attached hydrogens (tertiary/aromatic N) is 2. The first-order chi connectivity index (χ1) is 11.1. The van der Waals surface area contributed by atoms with E-state index in [1.54, 1.807) is 30.3 Å². The highest BCUT2D eigenvalue weighted by Gasteiger charge is 2.13.